The summed E-state index contributed by atoms with van der Waals surface area (Å²) in [5.74, 6) is -1.48. The third-order valence-electron chi connectivity index (χ3n) is 2.84. The molecule has 0 aromatic heterocycles. The number of carbonyl (C=O) groups excluding carboxylic acids is 1. The molecule has 2 aromatic rings. The molecular formula is C16H16F2N2O2. The maximum absolute atomic E-state index is 13.3. The van der Waals surface area contributed by atoms with Crippen LogP contribution in [0.5, 0.6) is 5.75 Å². The van der Waals surface area contributed by atoms with Crippen molar-refractivity contribution in [2.24, 2.45) is 0 Å². The molecule has 0 atom stereocenters. The van der Waals surface area contributed by atoms with E-state index in [1.54, 1.807) is 0 Å². The van der Waals surface area contributed by atoms with E-state index in [9.17, 15) is 13.6 Å². The highest BCUT2D eigenvalue weighted by Crippen LogP contribution is 2.17. The van der Waals surface area contributed by atoms with Crippen molar-refractivity contribution in [3.8, 4) is 5.75 Å². The Morgan fingerprint density at radius 1 is 1.05 bits per heavy atom. The number of benzene rings is 2. The van der Waals surface area contributed by atoms with Gasteiger partial charge in [0, 0.05) is 12.6 Å². The molecule has 0 aliphatic heterocycles. The lowest BCUT2D eigenvalue weighted by molar-refractivity contribution is 0.235. The van der Waals surface area contributed by atoms with Crippen LogP contribution in [0.3, 0.4) is 0 Å². The lowest BCUT2D eigenvalue weighted by atomic mass is 10.2. The molecule has 0 saturated carbocycles. The van der Waals surface area contributed by atoms with E-state index in [2.05, 4.69) is 10.6 Å². The minimum absolute atomic E-state index is 0.0482. The Morgan fingerprint density at radius 3 is 2.55 bits per heavy atom. The predicted molar refractivity (Wildman–Crippen MR) is 78.5 cm³/mol. The SMILES string of the molecule is O=C(NCCOc1ccc(F)cc1F)NCc1ccccc1. The zero-order valence-corrected chi connectivity index (χ0v) is 11.8. The fourth-order valence-electron chi connectivity index (χ4n) is 1.76. The average Bonchev–Trinajstić information content (AvgIpc) is 2.52. The van der Waals surface area contributed by atoms with Gasteiger partial charge in [-0.2, -0.15) is 0 Å². The molecule has 2 amide bonds. The number of hydrogen-bond donors (Lipinski definition) is 2. The Morgan fingerprint density at radius 2 is 1.82 bits per heavy atom. The van der Waals surface area contributed by atoms with Gasteiger partial charge in [0.05, 0.1) is 6.54 Å². The smallest absolute Gasteiger partial charge is 0.315 e. The van der Waals surface area contributed by atoms with E-state index >= 15 is 0 Å². The lowest BCUT2D eigenvalue weighted by Gasteiger charge is -2.09. The molecule has 0 bridgehead atoms. The zero-order valence-electron chi connectivity index (χ0n) is 11.8. The van der Waals surface area contributed by atoms with Gasteiger partial charge in [0.25, 0.3) is 0 Å². The molecule has 0 saturated heterocycles. The number of halogens is 2. The van der Waals surface area contributed by atoms with E-state index in [4.69, 9.17) is 4.74 Å². The molecule has 2 N–H and O–H groups in total. The van der Waals surface area contributed by atoms with Crippen molar-refractivity contribution in [1.29, 1.82) is 0 Å². The van der Waals surface area contributed by atoms with Crippen LogP contribution in [0.25, 0.3) is 0 Å². The van der Waals surface area contributed by atoms with E-state index < -0.39 is 11.6 Å². The van der Waals surface area contributed by atoms with Crippen LogP contribution in [-0.2, 0) is 6.54 Å². The van der Waals surface area contributed by atoms with E-state index in [1.807, 2.05) is 30.3 Å². The monoisotopic (exact) mass is 306 g/mol. The number of hydrogen-bond acceptors (Lipinski definition) is 2. The average molecular weight is 306 g/mol. The normalized spacial score (nSPS) is 10.1. The van der Waals surface area contributed by atoms with Gasteiger partial charge in [-0.3, -0.25) is 0 Å². The predicted octanol–water partition coefficient (Wildman–Crippen LogP) is 2.84. The molecule has 0 spiro atoms. The van der Waals surface area contributed by atoms with Gasteiger partial charge in [0.2, 0.25) is 0 Å². The Balaban J connectivity index is 1.65. The number of nitrogens with one attached hydrogen (secondary N) is 2. The first-order chi connectivity index (χ1) is 10.6. The highest BCUT2D eigenvalue weighted by atomic mass is 19.1. The van der Waals surface area contributed by atoms with Crippen molar-refractivity contribution in [2.75, 3.05) is 13.2 Å². The van der Waals surface area contributed by atoms with Crippen LogP contribution in [0, 0.1) is 11.6 Å². The fourth-order valence-corrected chi connectivity index (χ4v) is 1.76. The van der Waals surface area contributed by atoms with Crippen molar-refractivity contribution >= 4 is 6.03 Å². The van der Waals surface area contributed by atoms with Gasteiger partial charge >= 0.3 is 6.03 Å². The van der Waals surface area contributed by atoms with Gasteiger partial charge in [-0.15, -0.1) is 0 Å². The standard InChI is InChI=1S/C16H16F2N2O2/c17-13-6-7-15(14(18)10-13)22-9-8-19-16(21)20-11-12-4-2-1-3-5-12/h1-7,10H,8-9,11H2,(H2,19,20,21). The van der Waals surface area contributed by atoms with Gasteiger partial charge < -0.3 is 15.4 Å². The molecule has 0 aliphatic rings. The minimum atomic E-state index is -0.770. The largest absolute Gasteiger partial charge is 0.489 e. The highest BCUT2D eigenvalue weighted by Gasteiger charge is 2.05. The fraction of sp³-hybridized carbons (Fsp3) is 0.188. The van der Waals surface area contributed by atoms with Gasteiger partial charge in [-0.1, -0.05) is 30.3 Å². The minimum Gasteiger partial charge on any atom is -0.489 e. The van der Waals surface area contributed by atoms with Crippen molar-refractivity contribution in [1.82, 2.24) is 10.6 Å². The summed E-state index contributed by atoms with van der Waals surface area (Å²) in [5, 5.41) is 5.27. The molecule has 2 aromatic carbocycles. The number of urea groups is 1. The van der Waals surface area contributed by atoms with Crippen molar-refractivity contribution < 1.29 is 18.3 Å². The second-order valence-electron chi connectivity index (χ2n) is 4.52. The van der Waals surface area contributed by atoms with Gasteiger partial charge in [-0.05, 0) is 17.7 Å². The van der Waals surface area contributed by atoms with Gasteiger partial charge in [-0.25, -0.2) is 13.6 Å². The molecule has 0 heterocycles. The molecular weight excluding hydrogens is 290 g/mol. The number of rotatable bonds is 6. The first-order valence-electron chi connectivity index (χ1n) is 6.78. The van der Waals surface area contributed by atoms with Crippen LogP contribution in [0.4, 0.5) is 13.6 Å². The van der Waals surface area contributed by atoms with Crippen LogP contribution in [0.15, 0.2) is 48.5 Å². The number of carbonyl (C=O) groups is 1. The summed E-state index contributed by atoms with van der Waals surface area (Å²) in [6, 6.07) is 12.2. The summed E-state index contributed by atoms with van der Waals surface area (Å²) in [6.07, 6.45) is 0. The lowest BCUT2D eigenvalue weighted by Crippen LogP contribution is -2.37. The van der Waals surface area contributed by atoms with Crippen LogP contribution < -0.4 is 15.4 Å². The Kier molecular flexibility index (Phi) is 5.71. The quantitative estimate of drug-likeness (QED) is 0.806. The second-order valence-corrected chi connectivity index (χ2v) is 4.52. The molecule has 116 valence electrons. The van der Waals surface area contributed by atoms with Crippen LogP contribution >= 0.6 is 0 Å². The summed E-state index contributed by atoms with van der Waals surface area (Å²) in [6.45, 7) is 0.707. The number of amides is 2. The molecule has 0 radical (unpaired) electrons. The van der Waals surface area contributed by atoms with Crippen LogP contribution in [0.1, 0.15) is 5.56 Å². The Labute approximate surface area is 127 Å². The Bertz CT molecular complexity index is 621. The topological polar surface area (TPSA) is 50.4 Å². The molecule has 0 aliphatic carbocycles. The highest BCUT2D eigenvalue weighted by molar-refractivity contribution is 5.73. The first kappa shape index (κ1) is 15.8. The van der Waals surface area contributed by atoms with E-state index in [0.717, 1.165) is 17.7 Å². The van der Waals surface area contributed by atoms with E-state index in [1.165, 1.54) is 6.07 Å². The van der Waals surface area contributed by atoms with Crippen LogP contribution in [0.2, 0.25) is 0 Å². The zero-order chi connectivity index (χ0) is 15.8. The van der Waals surface area contributed by atoms with Crippen LogP contribution in [-0.4, -0.2) is 19.2 Å². The maximum Gasteiger partial charge on any atom is 0.315 e. The van der Waals surface area contributed by atoms with E-state index in [0.29, 0.717) is 6.54 Å². The summed E-state index contributed by atoms with van der Waals surface area (Å²) >= 11 is 0. The van der Waals surface area contributed by atoms with E-state index in [-0.39, 0.29) is 24.9 Å². The van der Waals surface area contributed by atoms with Crippen molar-refractivity contribution in [3.05, 3.63) is 65.7 Å². The van der Waals surface area contributed by atoms with Crippen molar-refractivity contribution in [2.45, 2.75) is 6.54 Å². The Hall–Kier alpha value is -2.63. The molecule has 4 nitrogen and oxygen atoms in total. The van der Waals surface area contributed by atoms with Gasteiger partial charge in [0.1, 0.15) is 12.4 Å². The number of ether oxygens (including phenoxy) is 1. The summed E-state index contributed by atoms with van der Waals surface area (Å²) in [5.41, 5.74) is 0.988. The third-order valence-corrected chi connectivity index (χ3v) is 2.84. The second kappa shape index (κ2) is 7.97. The molecule has 0 fully saturated rings. The first-order valence-corrected chi connectivity index (χ1v) is 6.78. The molecule has 6 heteroatoms. The summed E-state index contributed by atoms with van der Waals surface area (Å²) < 4.78 is 31.1. The molecule has 22 heavy (non-hydrogen) atoms. The maximum atomic E-state index is 13.3. The van der Waals surface area contributed by atoms with Gasteiger partial charge in [0.15, 0.2) is 11.6 Å². The third kappa shape index (κ3) is 5.05. The molecule has 0 unspecified atom stereocenters. The van der Waals surface area contributed by atoms with Crippen molar-refractivity contribution in [3.63, 3.8) is 0 Å². The molecule has 2 rings (SSSR count). The summed E-state index contributed by atoms with van der Waals surface area (Å²) in [4.78, 5) is 11.5. The summed E-state index contributed by atoms with van der Waals surface area (Å²) in [7, 11) is 0.